The van der Waals surface area contributed by atoms with Gasteiger partial charge in [-0.2, -0.15) is 27.1 Å². The molecule has 10 N–H and O–H groups in total. The molecule has 0 saturated carbocycles. The number of nitrogens with zero attached hydrogens (tertiary/aromatic N) is 4. The van der Waals surface area contributed by atoms with Crippen LogP contribution in [0.2, 0.25) is 0 Å². The molecule has 2 radical (unpaired) electrons. The van der Waals surface area contributed by atoms with E-state index in [4.69, 9.17) is 27.7 Å². The van der Waals surface area contributed by atoms with Crippen molar-refractivity contribution in [1.82, 2.24) is 0 Å². The van der Waals surface area contributed by atoms with Gasteiger partial charge in [0.2, 0.25) is 0 Å². The van der Waals surface area contributed by atoms with Crippen LogP contribution in [0, 0.1) is 0 Å². The number of nitrogens with two attached hydrogens (primary N) is 4. The van der Waals surface area contributed by atoms with E-state index >= 15 is 0 Å². The van der Waals surface area contributed by atoms with Gasteiger partial charge in [0.15, 0.2) is 11.5 Å². The first kappa shape index (κ1) is 39.6. The van der Waals surface area contributed by atoms with Gasteiger partial charge in [0.25, 0.3) is 20.2 Å². The van der Waals surface area contributed by atoms with Crippen LogP contribution in [0.1, 0.15) is 0 Å². The second-order valence-corrected chi connectivity index (χ2v) is 13.5. The zero-order valence-electron chi connectivity index (χ0n) is 27.1. The van der Waals surface area contributed by atoms with E-state index in [0.717, 1.165) is 0 Å². The summed E-state index contributed by atoms with van der Waals surface area (Å²) in [5.41, 5.74) is 27.1. The summed E-state index contributed by atoms with van der Waals surface area (Å²) in [6.45, 7) is 0. The summed E-state index contributed by atoms with van der Waals surface area (Å²) in [4.78, 5) is -0.522. The molecule has 0 fully saturated rings. The molecule has 0 atom stereocenters. The molecule has 0 heterocycles. The minimum absolute atomic E-state index is 0. The van der Waals surface area contributed by atoms with Gasteiger partial charge in [-0.3, -0.25) is 9.11 Å². The predicted molar refractivity (Wildman–Crippen MR) is 198 cm³/mol. The van der Waals surface area contributed by atoms with Crippen LogP contribution < -0.4 is 27.7 Å². The molecule has 0 amide bonds. The first-order valence-corrected chi connectivity index (χ1v) is 17.0. The van der Waals surface area contributed by atoms with Crippen LogP contribution in [-0.4, -0.2) is 85.1 Å². The minimum atomic E-state index is -4.39. The fourth-order valence-electron chi connectivity index (χ4n) is 4.88. The van der Waals surface area contributed by atoms with E-state index in [-0.39, 0.29) is 91.8 Å². The molecule has 15 nitrogen and oxygen atoms in total. The monoisotopic (exact) mass is 744 g/mol. The molecule has 0 aliphatic heterocycles. The van der Waals surface area contributed by atoms with Gasteiger partial charge in [0.1, 0.15) is 11.4 Å². The smallest absolute Gasteiger partial charge is 0.294 e. The van der Waals surface area contributed by atoms with E-state index < -0.39 is 20.2 Å². The molecule has 6 rings (SSSR count). The first-order chi connectivity index (χ1) is 23.2. The Morgan fingerprint density at radius 1 is 0.471 bits per heavy atom. The van der Waals surface area contributed by atoms with Crippen molar-refractivity contribution in [2.24, 2.45) is 20.5 Å². The average molecular weight is 745 g/mol. The van der Waals surface area contributed by atoms with Crippen molar-refractivity contribution >= 4 is 146 Å². The fourth-order valence-corrected chi connectivity index (χ4v) is 5.91. The summed E-state index contributed by atoms with van der Waals surface area (Å²) < 4.78 is 70.8. The molecule has 0 aliphatic carbocycles. The van der Waals surface area contributed by atoms with Gasteiger partial charge < -0.3 is 27.7 Å². The zero-order valence-corrected chi connectivity index (χ0v) is 32.7. The van der Waals surface area contributed by atoms with Crippen molar-refractivity contribution in [3.63, 3.8) is 0 Å². The molecule has 0 aliphatic rings. The number of rotatable bonds is 8. The molecule has 250 valence electrons. The summed E-state index contributed by atoms with van der Waals surface area (Å²) in [5, 5.41) is 19.0. The maximum atomic E-state index is 11.5. The summed E-state index contributed by atoms with van der Waals surface area (Å²) >= 11 is 0. The number of fused-ring (bicyclic) bond motifs is 2. The van der Waals surface area contributed by atoms with Crippen molar-refractivity contribution < 1.29 is 30.7 Å². The van der Waals surface area contributed by atoms with Crippen LogP contribution in [0.3, 0.4) is 0 Å². The van der Waals surface area contributed by atoms with Crippen molar-refractivity contribution in [2.75, 3.05) is 22.9 Å². The van der Waals surface area contributed by atoms with Crippen LogP contribution in [0.4, 0.5) is 45.5 Å². The van der Waals surface area contributed by atoms with Gasteiger partial charge in [-0.15, -0.1) is 10.2 Å². The number of hydrogen-bond acceptors (Lipinski definition) is 13. The second kappa shape index (κ2) is 15.6. The standard InChI is InChI=1S/C32H26N8O7S2.2Na/c33-25-9-1-17-13-21(48(41,42)43)5-7-23(17)31(25)39-37-19-3-11-29(27(35)15-19)47-30-12-4-20(16-28(30)36)38-40-32-24-8-6-22(49(44,45)46)14-18(24)2-10-26(32)34;;/h1-16H,33-36H2,(H,41,42,43)(H,44,45,46);;. The van der Waals surface area contributed by atoms with Crippen LogP contribution >= 0.6 is 0 Å². The number of anilines is 4. The summed E-state index contributed by atoms with van der Waals surface area (Å²) in [5.74, 6) is 0.575. The third kappa shape index (κ3) is 8.85. The largest absolute Gasteiger partial charge is 0.453 e. The second-order valence-electron chi connectivity index (χ2n) is 10.7. The Morgan fingerprint density at radius 2 is 0.863 bits per heavy atom. The van der Waals surface area contributed by atoms with Crippen molar-refractivity contribution in [2.45, 2.75) is 9.79 Å². The van der Waals surface area contributed by atoms with E-state index in [1.54, 1.807) is 48.5 Å². The van der Waals surface area contributed by atoms with E-state index in [1.807, 2.05) is 0 Å². The van der Waals surface area contributed by atoms with Crippen molar-refractivity contribution in [1.29, 1.82) is 0 Å². The molecule has 0 saturated heterocycles. The Morgan fingerprint density at radius 3 is 1.22 bits per heavy atom. The topological polar surface area (TPSA) is 271 Å². The van der Waals surface area contributed by atoms with Gasteiger partial charge in [-0.1, -0.05) is 24.3 Å². The Labute approximate surface area is 335 Å². The number of ether oxygens (including phenoxy) is 1. The molecule has 51 heavy (non-hydrogen) atoms. The third-order valence-corrected chi connectivity index (χ3v) is 9.02. The summed E-state index contributed by atoms with van der Waals surface area (Å²) in [7, 11) is -8.77. The van der Waals surface area contributed by atoms with Gasteiger partial charge >= 0.3 is 0 Å². The summed E-state index contributed by atoms with van der Waals surface area (Å²) in [6, 6.07) is 23.8. The predicted octanol–water partition coefficient (Wildman–Crippen LogP) is 6.68. The quantitative estimate of drug-likeness (QED) is 0.0414. The Hall–Kier alpha value is -4.14. The third-order valence-electron chi connectivity index (χ3n) is 7.32. The molecular weight excluding hydrogens is 719 g/mol. The van der Waals surface area contributed by atoms with Gasteiger partial charge in [0, 0.05) is 69.9 Å². The maximum Gasteiger partial charge on any atom is 0.294 e. The molecule has 0 bridgehead atoms. The minimum Gasteiger partial charge on any atom is -0.453 e. The van der Waals surface area contributed by atoms with Crippen LogP contribution in [0.5, 0.6) is 11.5 Å². The van der Waals surface area contributed by atoms with Crippen molar-refractivity contribution in [3.05, 3.63) is 97.1 Å². The molecule has 6 aromatic carbocycles. The average Bonchev–Trinajstić information content (AvgIpc) is 3.04. The maximum absolute atomic E-state index is 11.5. The van der Waals surface area contributed by atoms with E-state index in [1.165, 1.54) is 48.5 Å². The Kier molecular flexibility index (Phi) is 12.1. The van der Waals surface area contributed by atoms with E-state index in [0.29, 0.717) is 55.7 Å². The molecular formula is C32H26N8Na2O7S2. The molecule has 6 aromatic rings. The first-order valence-electron chi connectivity index (χ1n) is 14.1. The van der Waals surface area contributed by atoms with Gasteiger partial charge in [0.05, 0.1) is 43.9 Å². The van der Waals surface area contributed by atoms with Gasteiger partial charge in [-0.05, 0) is 83.6 Å². The van der Waals surface area contributed by atoms with Crippen LogP contribution in [0.25, 0.3) is 21.5 Å². The van der Waals surface area contributed by atoms with E-state index in [9.17, 15) is 25.9 Å². The summed E-state index contributed by atoms with van der Waals surface area (Å²) in [6.07, 6.45) is 0. The zero-order chi connectivity index (χ0) is 35.1. The molecule has 0 aromatic heterocycles. The van der Waals surface area contributed by atoms with Crippen LogP contribution in [-0.2, 0) is 20.2 Å². The molecule has 0 spiro atoms. The number of azo groups is 2. The Bertz CT molecular complexity index is 2430. The van der Waals surface area contributed by atoms with E-state index in [2.05, 4.69) is 20.5 Å². The van der Waals surface area contributed by atoms with Crippen molar-refractivity contribution in [3.8, 4) is 11.5 Å². The van der Waals surface area contributed by atoms with Gasteiger partial charge in [-0.25, -0.2) is 0 Å². The number of benzene rings is 6. The Balaban J connectivity index is 0.00000292. The fraction of sp³-hybridized carbons (Fsp3) is 0. The van der Waals surface area contributed by atoms with Crippen LogP contribution in [0.15, 0.2) is 127 Å². The molecule has 0 unspecified atom stereocenters. The molecule has 19 heteroatoms. The normalized spacial score (nSPS) is 11.9. The number of hydrogen-bond donors (Lipinski definition) is 6. The SMILES string of the molecule is Nc1cc(N=Nc2c(N)ccc3cc(S(=O)(=O)O)ccc23)ccc1Oc1ccc(N=Nc2c(N)ccc3cc(S(=O)(=O)O)ccc23)cc1N.[Na].[Na]. The number of nitrogen functional groups attached to an aromatic ring is 4.